The minimum Gasteiger partial charge on any atom is -0.376 e. The lowest BCUT2D eigenvalue weighted by Crippen LogP contribution is -2.43. The number of nitrogens with one attached hydrogen (secondary N) is 1. The normalized spacial score (nSPS) is 9.90. The van der Waals surface area contributed by atoms with Crippen LogP contribution in [0, 0.1) is 0 Å². The Kier molecular flexibility index (Phi) is 9.53. The minimum atomic E-state index is 0.631. The van der Waals surface area contributed by atoms with Crippen LogP contribution < -0.4 is 5.32 Å². The maximum atomic E-state index is 5.60. The first-order valence-electron chi connectivity index (χ1n) is 7.19. The van der Waals surface area contributed by atoms with Gasteiger partial charge in [-0.25, -0.2) is 0 Å². The van der Waals surface area contributed by atoms with Crippen LogP contribution in [0.1, 0.15) is 0 Å². The zero-order chi connectivity index (χ0) is 16.4. The number of guanidine groups is 2. The van der Waals surface area contributed by atoms with Crippen molar-refractivity contribution in [2.24, 2.45) is 4.99 Å². The number of aliphatic imine (C=N–C) groups is 1. The Morgan fingerprint density at radius 2 is 1.52 bits per heavy atom. The summed E-state index contributed by atoms with van der Waals surface area (Å²) in [5, 5.41) is 3.35. The summed E-state index contributed by atoms with van der Waals surface area (Å²) < 4.78 is 7.64. The number of ether oxygens (including phenoxy) is 1. The Balaban J connectivity index is 3.93. The van der Waals surface area contributed by atoms with Crippen LogP contribution in [0.5, 0.6) is 0 Å². The first-order valence-corrected chi connectivity index (χ1v) is 7.19. The SMILES string of the molecule is CN(C)C(=NCCOCCNC(N(C)C)=[N+](C)C)N(C)C. The van der Waals surface area contributed by atoms with Gasteiger partial charge >= 0.3 is 5.96 Å². The van der Waals surface area contributed by atoms with Gasteiger partial charge in [0, 0.05) is 28.2 Å². The molecule has 0 aromatic heterocycles. The quantitative estimate of drug-likeness (QED) is 0.303. The van der Waals surface area contributed by atoms with Crippen LogP contribution >= 0.6 is 0 Å². The molecule has 0 unspecified atom stereocenters. The first-order chi connectivity index (χ1) is 9.77. The smallest absolute Gasteiger partial charge is 0.347 e. The van der Waals surface area contributed by atoms with Gasteiger partial charge in [-0.3, -0.25) is 19.8 Å². The Hall–Kier alpha value is -1.50. The topological polar surface area (TPSA) is 46.4 Å². The average molecular weight is 301 g/mol. The second kappa shape index (κ2) is 10.3. The highest BCUT2D eigenvalue weighted by atomic mass is 16.5. The van der Waals surface area contributed by atoms with Gasteiger partial charge < -0.3 is 14.5 Å². The van der Waals surface area contributed by atoms with Crippen molar-refractivity contribution in [3.8, 4) is 0 Å². The first kappa shape index (κ1) is 19.5. The van der Waals surface area contributed by atoms with Crippen molar-refractivity contribution in [2.45, 2.75) is 0 Å². The van der Waals surface area contributed by atoms with Crippen LogP contribution in [0.2, 0.25) is 0 Å². The molecule has 7 heteroatoms. The van der Waals surface area contributed by atoms with E-state index >= 15 is 0 Å². The number of hydrogen-bond donors (Lipinski definition) is 1. The molecule has 0 aliphatic carbocycles. The van der Waals surface area contributed by atoms with Crippen LogP contribution in [-0.2, 0) is 4.74 Å². The second-order valence-corrected chi connectivity index (χ2v) is 5.62. The molecule has 124 valence electrons. The van der Waals surface area contributed by atoms with E-state index in [1.165, 1.54) is 0 Å². The summed E-state index contributed by atoms with van der Waals surface area (Å²) in [7, 11) is 16.0. The molecule has 0 amide bonds. The van der Waals surface area contributed by atoms with E-state index in [4.69, 9.17) is 4.74 Å². The highest BCUT2D eigenvalue weighted by molar-refractivity contribution is 5.79. The maximum Gasteiger partial charge on any atom is 0.347 e. The number of rotatable bonds is 6. The largest absolute Gasteiger partial charge is 0.376 e. The van der Waals surface area contributed by atoms with Gasteiger partial charge in [0.25, 0.3) is 0 Å². The van der Waals surface area contributed by atoms with E-state index in [0.29, 0.717) is 19.8 Å². The molecule has 0 aromatic carbocycles. The summed E-state index contributed by atoms with van der Waals surface area (Å²) in [5.41, 5.74) is 0. The molecular formula is C14H33N6O+. The molecule has 0 rings (SSSR count). The van der Waals surface area contributed by atoms with E-state index < -0.39 is 0 Å². The Morgan fingerprint density at radius 1 is 0.952 bits per heavy atom. The van der Waals surface area contributed by atoms with Crippen LogP contribution in [-0.4, -0.2) is 114 Å². The summed E-state index contributed by atoms with van der Waals surface area (Å²) in [4.78, 5) is 10.6. The summed E-state index contributed by atoms with van der Waals surface area (Å²) >= 11 is 0. The molecule has 0 saturated heterocycles. The fourth-order valence-corrected chi connectivity index (χ4v) is 1.95. The van der Waals surface area contributed by atoms with E-state index in [-0.39, 0.29) is 0 Å². The van der Waals surface area contributed by atoms with Gasteiger partial charge in [0.05, 0.1) is 54.5 Å². The van der Waals surface area contributed by atoms with E-state index in [0.717, 1.165) is 18.5 Å². The summed E-state index contributed by atoms with van der Waals surface area (Å²) in [5.74, 6) is 2.02. The van der Waals surface area contributed by atoms with Gasteiger partial charge in [-0.1, -0.05) is 0 Å². The highest BCUT2D eigenvalue weighted by Gasteiger charge is 2.09. The van der Waals surface area contributed by atoms with Gasteiger partial charge in [-0.2, -0.15) is 0 Å². The van der Waals surface area contributed by atoms with E-state index in [1.54, 1.807) is 0 Å². The van der Waals surface area contributed by atoms with Crippen molar-refractivity contribution in [2.75, 3.05) is 82.7 Å². The van der Waals surface area contributed by atoms with Gasteiger partial charge in [-0.05, 0) is 0 Å². The molecule has 21 heavy (non-hydrogen) atoms. The molecule has 0 atom stereocenters. The van der Waals surface area contributed by atoms with Crippen LogP contribution in [0.4, 0.5) is 0 Å². The van der Waals surface area contributed by atoms with Crippen molar-refractivity contribution >= 4 is 11.9 Å². The molecule has 0 bridgehead atoms. The van der Waals surface area contributed by atoms with Gasteiger partial charge in [0.1, 0.15) is 0 Å². The predicted octanol–water partition coefficient (Wildman–Crippen LogP) is -0.738. The third-order valence-corrected chi connectivity index (χ3v) is 2.67. The van der Waals surface area contributed by atoms with E-state index in [9.17, 15) is 0 Å². The van der Waals surface area contributed by atoms with Crippen LogP contribution in [0.25, 0.3) is 0 Å². The monoisotopic (exact) mass is 301 g/mol. The molecule has 0 radical (unpaired) electrons. The van der Waals surface area contributed by atoms with Crippen molar-refractivity contribution in [1.29, 1.82) is 0 Å². The van der Waals surface area contributed by atoms with Crippen molar-refractivity contribution in [3.63, 3.8) is 0 Å². The Morgan fingerprint density at radius 3 is 1.95 bits per heavy atom. The Bertz CT molecular complexity index is 335. The summed E-state index contributed by atoms with van der Waals surface area (Å²) in [6.07, 6.45) is 0. The summed E-state index contributed by atoms with van der Waals surface area (Å²) in [6, 6.07) is 0. The standard InChI is InChI=1S/C14H32N6O/c1-17(2)13(18(3)4)15-9-11-21-12-10-16-14(19(5)6)20(7)8/h9-12H2,1-8H3/p+1. The highest BCUT2D eigenvalue weighted by Crippen LogP contribution is 1.89. The molecule has 1 N–H and O–H groups in total. The Labute approximate surface area is 129 Å². The average Bonchev–Trinajstić information content (AvgIpc) is 2.34. The molecule has 0 heterocycles. The number of hydrogen-bond acceptors (Lipinski definition) is 2. The minimum absolute atomic E-state index is 0.631. The number of nitrogens with zero attached hydrogens (tertiary/aromatic N) is 5. The van der Waals surface area contributed by atoms with E-state index in [1.807, 2.05) is 75.7 Å². The maximum absolute atomic E-state index is 5.60. The van der Waals surface area contributed by atoms with Gasteiger partial charge in [0.15, 0.2) is 5.96 Å². The molecule has 0 fully saturated rings. The lowest BCUT2D eigenvalue weighted by atomic mass is 10.6. The molecule has 0 saturated carbocycles. The predicted molar refractivity (Wildman–Crippen MR) is 89.3 cm³/mol. The zero-order valence-corrected chi connectivity index (χ0v) is 15.0. The van der Waals surface area contributed by atoms with E-state index in [2.05, 4.69) is 10.3 Å². The fourth-order valence-electron chi connectivity index (χ4n) is 1.95. The molecule has 0 aliphatic heterocycles. The lowest BCUT2D eigenvalue weighted by molar-refractivity contribution is -0.472. The lowest BCUT2D eigenvalue weighted by Gasteiger charge is -2.22. The molecule has 0 aliphatic rings. The fraction of sp³-hybridized carbons (Fsp3) is 0.857. The molecular weight excluding hydrogens is 268 g/mol. The summed E-state index contributed by atoms with van der Waals surface area (Å²) in [6.45, 7) is 2.75. The molecule has 0 aromatic rings. The van der Waals surface area contributed by atoms with Gasteiger partial charge in [-0.15, -0.1) is 0 Å². The molecule has 0 spiro atoms. The van der Waals surface area contributed by atoms with Crippen molar-refractivity contribution in [3.05, 3.63) is 0 Å². The second-order valence-electron chi connectivity index (χ2n) is 5.62. The molecule has 7 nitrogen and oxygen atoms in total. The van der Waals surface area contributed by atoms with Crippen molar-refractivity contribution < 1.29 is 9.31 Å². The zero-order valence-electron chi connectivity index (χ0n) is 15.0. The van der Waals surface area contributed by atoms with Crippen LogP contribution in [0.3, 0.4) is 0 Å². The van der Waals surface area contributed by atoms with Crippen LogP contribution in [0.15, 0.2) is 4.99 Å². The third-order valence-electron chi connectivity index (χ3n) is 2.67. The van der Waals surface area contributed by atoms with Crippen molar-refractivity contribution in [1.82, 2.24) is 20.0 Å². The third kappa shape index (κ3) is 8.39. The van der Waals surface area contributed by atoms with Gasteiger partial charge in [0.2, 0.25) is 0 Å².